The molecule has 0 saturated heterocycles. The Hall–Kier alpha value is -1.13. The number of nitrogens with one attached hydrogen (secondary N) is 1. The van der Waals surface area contributed by atoms with E-state index in [1.807, 2.05) is 12.3 Å². The van der Waals surface area contributed by atoms with Gasteiger partial charge in [0, 0.05) is 30.0 Å². The Bertz CT molecular complexity index is 522. The molecule has 4 heteroatoms. The van der Waals surface area contributed by atoms with Crippen molar-refractivity contribution in [3.05, 3.63) is 58.1 Å². The Kier molecular flexibility index (Phi) is 4.55. The molecule has 0 atom stereocenters. The summed E-state index contributed by atoms with van der Waals surface area (Å²) in [6.45, 7) is 4.68. The summed E-state index contributed by atoms with van der Waals surface area (Å²) in [7, 11) is 0. The van der Waals surface area contributed by atoms with E-state index < -0.39 is 0 Å². The Morgan fingerprint density at radius 3 is 2.89 bits per heavy atom. The molecule has 0 radical (unpaired) electrons. The zero-order valence-electron chi connectivity index (χ0n) is 10.3. The Labute approximate surface area is 115 Å². The molecular formula is C14H16BrFN2. The molecule has 1 N–H and O–H groups in total. The molecule has 0 aliphatic rings. The molecule has 18 heavy (non-hydrogen) atoms. The van der Waals surface area contributed by atoms with Crippen LogP contribution in [0.25, 0.3) is 0 Å². The number of rotatable bonds is 5. The van der Waals surface area contributed by atoms with Gasteiger partial charge >= 0.3 is 0 Å². The van der Waals surface area contributed by atoms with E-state index >= 15 is 0 Å². The Morgan fingerprint density at radius 2 is 2.17 bits per heavy atom. The molecule has 2 rings (SSSR count). The van der Waals surface area contributed by atoms with E-state index in [1.54, 1.807) is 0 Å². The van der Waals surface area contributed by atoms with Crippen LogP contribution in [0, 0.1) is 5.82 Å². The van der Waals surface area contributed by atoms with Gasteiger partial charge in [-0.05, 0) is 35.9 Å². The quantitative estimate of drug-likeness (QED) is 0.893. The first-order chi connectivity index (χ1) is 8.69. The van der Waals surface area contributed by atoms with Gasteiger partial charge in [0.25, 0.3) is 0 Å². The minimum Gasteiger partial charge on any atom is -0.350 e. The van der Waals surface area contributed by atoms with E-state index in [4.69, 9.17) is 0 Å². The van der Waals surface area contributed by atoms with Crippen molar-refractivity contribution in [2.45, 2.75) is 20.0 Å². The van der Waals surface area contributed by atoms with Crippen LogP contribution in [0.15, 0.2) is 41.1 Å². The molecule has 2 nitrogen and oxygen atoms in total. The average molecular weight is 311 g/mol. The van der Waals surface area contributed by atoms with Gasteiger partial charge in [0.05, 0.1) is 0 Å². The summed E-state index contributed by atoms with van der Waals surface area (Å²) in [5.41, 5.74) is 2.33. The molecule has 1 aromatic carbocycles. The highest BCUT2D eigenvalue weighted by atomic mass is 79.9. The molecule has 0 aliphatic heterocycles. The average Bonchev–Trinajstić information content (AvgIpc) is 2.78. The van der Waals surface area contributed by atoms with Crippen LogP contribution in [0.1, 0.15) is 18.1 Å². The number of halogens is 2. The molecule has 0 unspecified atom stereocenters. The third-order valence-corrected chi connectivity index (χ3v) is 3.50. The molecule has 0 amide bonds. The van der Waals surface area contributed by atoms with Crippen molar-refractivity contribution in [1.82, 2.24) is 9.88 Å². The summed E-state index contributed by atoms with van der Waals surface area (Å²) in [6.07, 6.45) is 4.15. The van der Waals surface area contributed by atoms with Crippen LogP contribution >= 0.6 is 15.9 Å². The number of hydrogen-bond acceptors (Lipinski definition) is 1. The van der Waals surface area contributed by atoms with Crippen LogP contribution in [-0.4, -0.2) is 11.1 Å². The lowest BCUT2D eigenvalue weighted by Gasteiger charge is -2.06. The molecule has 0 aliphatic carbocycles. The zero-order valence-corrected chi connectivity index (χ0v) is 11.9. The molecule has 1 heterocycles. The first-order valence-corrected chi connectivity index (χ1v) is 6.77. The van der Waals surface area contributed by atoms with Gasteiger partial charge in [-0.15, -0.1) is 0 Å². The Balaban J connectivity index is 2.06. The van der Waals surface area contributed by atoms with Gasteiger partial charge < -0.3 is 9.88 Å². The van der Waals surface area contributed by atoms with Gasteiger partial charge in [-0.2, -0.15) is 0 Å². The van der Waals surface area contributed by atoms with E-state index in [2.05, 4.69) is 45.0 Å². The summed E-state index contributed by atoms with van der Waals surface area (Å²) in [6, 6.07) is 6.89. The molecule has 0 bridgehead atoms. The molecular weight excluding hydrogens is 295 g/mol. The van der Waals surface area contributed by atoms with Gasteiger partial charge in [0.2, 0.25) is 0 Å². The zero-order chi connectivity index (χ0) is 13.0. The molecule has 0 fully saturated rings. The highest BCUT2D eigenvalue weighted by Crippen LogP contribution is 2.19. The van der Waals surface area contributed by atoms with Crippen LogP contribution in [-0.2, 0) is 13.1 Å². The van der Waals surface area contributed by atoms with Gasteiger partial charge in [-0.3, -0.25) is 0 Å². The van der Waals surface area contributed by atoms with Gasteiger partial charge in [-0.1, -0.05) is 28.9 Å². The minimum atomic E-state index is -0.217. The predicted molar refractivity (Wildman–Crippen MR) is 75.0 cm³/mol. The summed E-state index contributed by atoms with van der Waals surface area (Å²) >= 11 is 3.39. The lowest BCUT2D eigenvalue weighted by atomic mass is 10.2. The van der Waals surface area contributed by atoms with Crippen LogP contribution < -0.4 is 5.32 Å². The first kappa shape index (κ1) is 13.3. The maximum absolute atomic E-state index is 13.0. The SMILES string of the molecule is CCNCc1ccn(Cc2ccc(F)cc2Br)c1. The molecule has 2 aromatic rings. The largest absolute Gasteiger partial charge is 0.350 e. The highest BCUT2D eigenvalue weighted by molar-refractivity contribution is 9.10. The van der Waals surface area contributed by atoms with E-state index in [0.717, 1.165) is 29.7 Å². The third kappa shape index (κ3) is 3.43. The smallest absolute Gasteiger partial charge is 0.124 e. The van der Waals surface area contributed by atoms with E-state index in [0.29, 0.717) is 0 Å². The van der Waals surface area contributed by atoms with Crippen LogP contribution in [0.4, 0.5) is 4.39 Å². The maximum Gasteiger partial charge on any atom is 0.124 e. The second-order valence-corrected chi connectivity index (χ2v) is 5.06. The molecule has 1 aromatic heterocycles. The maximum atomic E-state index is 13.0. The van der Waals surface area contributed by atoms with Crippen LogP contribution in [0.3, 0.4) is 0 Å². The summed E-state index contributed by atoms with van der Waals surface area (Å²) in [5.74, 6) is -0.217. The van der Waals surface area contributed by atoms with E-state index in [-0.39, 0.29) is 5.82 Å². The molecule has 96 valence electrons. The van der Waals surface area contributed by atoms with Crippen LogP contribution in [0.5, 0.6) is 0 Å². The lowest BCUT2D eigenvalue weighted by molar-refractivity contribution is 0.625. The summed E-state index contributed by atoms with van der Waals surface area (Å²) in [4.78, 5) is 0. The normalized spacial score (nSPS) is 10.8. The second-order valence-electron chi connectivity index (χ2n) is 4.21. The summed E-state index contributed by atoms with van der Waals surface area (Å²) < 4.78 is 15.9. The Morgan fingerprint density at radius 1 is 1.33 bits per heavy atom. The van der Waals surface area contributed by atoms with Gasteiger partial charge in [0.1, 0.15) is 5.82 Å². The van der Waals surface area contributed by atoms with Crippen molar-refractivity contribution >= 4 is 15.9 Å². The van der Waals surface area contributed by atoms with Crippen molar-refractivity contribution in [2.75, 3.05) is 6.54 Å². The van der Waals surface area contributed by atoms with Crippen molar-refractivity contribution < 1.29 is 4.39 Å². The number of hydrogen-bond donors (Lipinski definition) is 1. The number of nitrogens with zero attached hydrogens (tertiary/aromatic N) is 1. The fourth-order valence-electron chi connectivity index (χ4n) is 1.81. The van der Waals surface area contributed by atoms with E-state index in [1.165, 1.54) is 17.7 Å². The third-order valence-electron chi connectivity index (χ3n) is 2.76. The topological polar surface area (TPSA) is 17.0 Å². The fourth-order valence-corrected chi connectivity index (χ4v) is 2.29. The van der Waals surface area contributed by atoms with Crippen molar-refractivity contribution in [3.8, 4) is 0 Å². The van der Waals surface area contributed by atoms with Crippen molar-refractivity contribution in [1.29, 1.82) is 0 Å². The lowest BCUT2D eigenvalue weighted by Crippen LogP contribution is -2.11. The minimum absolute atomic E-state index is 0.217. The number of benzene rings is 1. The monoisotopic (exact) mass is 310 g/mol. The van der Waals surface area contributed by atoms with Crippen molar-refractivity contribution in [3.63, 3.8) is 0 Å². The number of aromatic nitrogens is 1. The fraction of sp³-hybridized carbons (Fsp3) is 0.286. The highest BCUT2D eigenvalue weighted by Gasteiger charge is 2.03. The van der Waals surface area contributed by atoms with Gasteiger partial charge in [-0.25, -0.2) is 4.39 Å². The van der Waals surface area contributed by atoms with Gasteiger partial charge in [0.15, 0.2) is 0 Å². The molecule has 0 saturated carbocycles. The second kappa shape index (κ2) is 6.16. The van der Waals surface area contributed by atoms with E-state index in [9.17, 15) is 4.39 Å². The summed E-state index contributed by atoms with van der Waals surface area (Å²) in [5, 5.41) is 3.29. The van der Waals surface area contributed by atoms with Crippen LogP contribution in [0.2, 0.25) is 0 Å². The predicted octanol–water partition coefficient (Wildman–Crippen LogP) is 3.55. The molecule has 0 spiro atoms. The first-order valence-electron chi connectivity index (χ1n) is 5.98. The van der Waals surface area contributed by atoms with Crippen molar-refractivity contribution in [2.24, 2.45) is 0 Å². The standard InChI is InChI=1S/C14H16BrFN2/c1-2-17-8-11-5-6-18(9-11)10-12-3-4-13(16)7-14(12)15/h3-7,9,17H,2,8,10H2,1H3.